The quantitative estimate of drug-likeness (QED) is 0.453. The first-order valence-electron chi connectivity index (χ1n) is 4.40. The lowest BCUT2D eigenvalue weighted by atomic mass is 10.1. The Bertz CT molecular complexity index is 410. The molecule has 15 heavy (non-hydrogen) atoms. The fourth-order valence-electron chi connectivity index (χ4n) is 1.32. The second-order valence-electron chi connectivity index (χ2n) is 2.94. The monoisotopic (exact) mass is 229 g/mol. The van der Waals surface area contributed by atoms with Crippen LogP contribution in [0.2, 0.25) is 0 Å². The molecule has 0 aromatic carbocycles. The van der Waals surface area contributed by atoms with Gasteiger partial charge in [-0.15, -0.1) is 0 Å². The van der Waals surface area contributed by atoms with Crippen LogP contribution in [0.5, 0.6) is 0 Å². The Hall–Kier alpha value is -1.43. The smallest absolute Gasteiger partial charge is 0.339 e. The molecule has 0 saturated heterocycles. The van der Waals surface area contributed by atoms with Crippen LogP contribution >= 0.6 is 11.3 Å². The lowest BCUT2D eigenvalue weighted by Gasteiger charge is -2.00. The molecule has 0 atom stereocenters. The topological polar surface area (TPSA) is 69.4 Å². The molecule has 1 rings (SSSR count). The maximum atomic E-state index is 11.5. The molecule has 0 aliphatic heterocycles. The lowest BCUT2D eigenvalue weighted by molar-refractivity contribution is -0.380. The van der Waals surface area contributed by atoms with Crippen molar-refractivity contribution in [2.75, 3.05) is 6.61 Å². The summed E-state index contributed by atoms with van der Waals surface area (Å²) in [6.07, 6.45) is 0. The van der Waals surface area contributed by atoms with Gasteiger partial charge in [-0.05, 0) is 20.8 Å². The standard InChI is InChI=1S/C9H11NO4S/c1-4-14-9(11)7-5(2)8(10(12)13)15-6(7)3/h4H2,1-3H3. The second-order valence-corrected chi connectivity index (χ2v) is 4.14. The predicted molar refractivity (Wildman–Crippen MR) is 56.4 cm³/mol. The molecular weight excluding hydrogens is 218 g/mol. The van der Waals surface area contributed by atoms with Gasteiger partial charge in [0.25, 0.3) is 0 Å². The number of ether oxygens (including phenoxy) is 1. The molecular formula is C9H11NO4S. The summed E-state index contributed by atoms with van der Waals surface area (Å²) in [5, 5.41) is 10.6. The van der Waals surface area contributed by atoms with Gasteiger partial charge in [-0.3, -0.25) is 10.1 Å². The van der Waals surface area contributed by atoms with Gasteiger partial charge < -0.3 is 4.74 Å². The number of nitro groups is 1. The molecule has 0 amide bonds. The van der Waals surface area contributed by atoms with Gasteiger partial charge in [-0.25, -0.2) is 4.79 Å². The van der Waals surface area contributed by atoms with Crippen molar-refractivity contribution in [1.29, 1.82) is 0 Å². The third kappa shape index (κ3) is 2.15. The molecule has 0 N–H and O–H groups in total. The van der Waals surface area contributed by atoms with Gasteiger partial charge >= 0.3 is 11.0 Å². The summed E-state index contributed by atoms with van der Waals surface area (Å²) >= 11 is 1.00. The van der Waals surface area contributed by atoms with Crippen molar-refractivity contribution < 1.29 is 14.5 Å². The van der Waals surface area contributed by atoms with E-state index in [1.165, 1.54) is 0 Å². The largest absolute Gasteiger partial charge is 0.462 e. The average Bonchev–Trinajstić information content (AvgIpc) is 2.42. The molecule has 0 aliphatic rings. The molecule has 0 bridgehead atoms. The fraction of sp³-hybridized carbons (Fsp3) is 0.444. The van der Waals surface area contributed by atoms with Crippen molar-refractivity contribution in [2.45, 2.75) is 20.8 Å². The van der Waals surface area contributed by atoms with Crippen molar-refractivity contribution in [3.8, 4) is 0 Å². The normalized spacial score (nSPS) is 10.1. The number of nitrogens with zero attached hydrogens (tertiary/aromatic N) is 1. The Balaban J connectivity index is 3.19. The number of rotatable bonds is 3. The zero-order valence-electron chi connectivity index (χ0n) is 8.70. The van der Waals surface area contributed by atoms with Crippen molar-refractivity contribution in [3.05, 3.63) is 26.1 Å². The molecule has 0 radical (unpaired) electrons. The highest BCUT2D eigenvalue weighted by Crippen LogP contribution is 2.34. The Morgan fingerprint density at radius 3 is 2.53 bits per heavy atom. The van der Waals surface area contributed by atoms with E-state index >= 15 is 0 Å². The summed E-state index contributed by atoms with van der Waals surface area (Å²) in [7, 11) is 0. The number of hydrogen-bond donors (Lipinski definition) is 0. The first-order valence-corrected chi connectivity index (χ1v) is 5.22. The highest BCUT2D eigenvalue weighted by atomic mass is 32.1. The zero-order valence-corrected chi connectivity index (χ0v) is 9.51. The summed E-state index contributed by atoms with van der Waals surface area (Å²) in [5.74, 6) is -0.489. The molecule has 6 heteroatoms. The number of carbonyl (C=O) groups excluding carboxylic acids is 1. The molecule has 0 aliphatic carbocycles. The van der Waals surface area contributed by atoms with E-state index in [-0.39, 0.29) is 11.6 Å². The highest BCUT2D eigenvalue weighted by Gasteiger charge is 2.25. The highest BCUT2D eigenvalue weighted by molar-refractivity contribution is 7.15. The van der Waals surface area contributed by atoms with Crippen LogP contribution < -0.4 is 0 Å². The minimum atomic E-state index is -0.489. The molecule has 1 heterocycles. The zero-order chi connectivity index (χ0) is 11.6. The van der Waals surface area contributed by atoms with Gasteiger partial charge in [0, 0.05) is 4.88 Å². The fourth-order valence-corrected chi connectivity index (χ4v) is 2.28. The van der Waals surface area contributed by atoms with Gasteiger partial charge in [-0.1, -0.05) is 11.3 Å². The van der Waals surface area contributed by atoms with E-state index in [0.717, 1.165) is 11.3 Å². The first kappa shape index (κ1) is 11.6. The Kier molecular flexibility index (Phi) is 3.41. The first-order chi connectivity index (χ1) is 6.99. The molecule has 0 spiro atoms. The number of aryl methyl sites for hydroxylation is 1. The maximum absolute atomic E-state index is 11.5. The molecule has 1 aromatic rings. The minimum Gasteiger partial charge on any atom is -0.462 e. The Morgan fingerprint density at radius 2 is 2.13 bits per heavy atom. The van der Waals surface area contributed by atoms with Gasteiger partial charge in [0.1, 0.15) is 0 Å². The average molecular weight is 229 g/mol. The van der Waals surface area contributed by atoms with Crippen LogP contribution in [0.3, 0.4) is 0 Å². The van der Waals surface area contributed by atoms with E-state index in [1.807, 2.05) is 0 Å². The van der Waals surface area contributed by atoms with Crippen LogP contribution in [-0.2, 0) is 4.74 Å². The second kappa shape index (κ2) is 4.39. The van der Waals surface area contributed by atoms with Crippen LogP contribution in [-0.4, -0.2) is 17.5 Å². The SMILES string of the molecule is CCOC(=O)c1c(C)sc([N+](=O)[O-])c1C. The lowest BCUT2D eigenvalue weighted by Crippen LogP contribution is -2.06. The van der Waals surface area contributed by atoms with Gasteiger partial charge in [0.2, 0.25) is 0 Å². The Labute approximate surface area is 90.8 Å². The number of hydrogen-bond acceptors (Lipinski definition) is 5. The van der Waals surface area contributed by atoms with Crippen molar-refractivity contribution in [3.63, 3.8) is 0 Å². The van der Waals surface area contributed by atoms with Crippen molar-refractivity contribution in [1.82, 2.24) is 0 Å². The molecule has 5 nitrogen and oxygen atoms in total. The van der Waals surface area contributed by atoms with Crippen LogP contribution in [0.15, 0.2) is 0 Å². The number of carbonyl (C=O) groups is 1. The summed E-state index contributed by atoms with van der Waals surface area (Å²) in [6, 6.07) is 0. The molecule has 0 saturated carbocycles. The van der Waals surface area contributed by atoms with E-state index in [4.69, 9.17) is 4.74 Å². The van der Waals surface area contributed by atoms with Gasteiger partial charge in [0.05, 0.1) is 22.7 Å². The molecule has 82 valence electrons. The predicted octanol–water partition coefficient (Wildman–Crippen LogP) is 2.45. The number of esters is 1. The van der Waals surface area contributed by atoms with E-state index in [2.05, 4.69) is 0 Å². The summed E-state index contributed by atoms with van der Waals surface area (Å²) in [5.41, 5.74) is 0.717. The maximum Gasteiger partial charge on any atom is 0.339 e. The van der Waals surface area contributed by atoms with Gasteiger partial charge in [-0.2, -0.15) is 0 Å². The van der Waals surface area contributed by atoms with Crippen molar-refractivity contribution >= 4 is 22.3 Å². The molecule has 0 unspecified atom stereocenters. The third-order valence-electron chi connectivity index (χ3n) is 1.94. The van der Waals surface area contributed by atoms with Crippen LogP contribution in [0.25, 0.3) is 0 Å². The van der Waals surface area contributed by atoms with Crippen LogP contribution in [0.1, 0.15) is 27.7 Å². The Morgan fingerprint density at radius 1 is 1.53 bits per heavy atom. The van der Waals surface area contributed by atoms with Crippen molar-refractivity contribution in [2.24, 2.45) is 0 Å². The van der Waals surface area contributed by atoms with E-state index in [9.17, 15) is 14.9 Å². The summed E-state index contributed by atoms with van der Waals surface area (Å²) < 4.78 is 4.83. The molecule has 1 aromatic heterocycles. The van der Waals surface area contributed by atoms with E-state index in [1.54, 1.807) is 20.8 Å². The van der Waals surface area contributed by atoms with Crippen LogP contribution in [0.4, 0.5) is 5.00 Å². The summed E-state index contributed by atoms with van der Waals surface area (Å²) in [6.45, 7) is 5.20. The number of thiophene rings is 1. The third-order valence-corrected chi connectivity index (χ3v) is 3.10. The molecule has 0 fully saturated rings. The minimum absolute atomic E-state index is 0.00977. The van der Waals surface area contributed by atoms with E-state index < -0.39 is 10.9 Å². The van der Waals surface area contributed by atoms with Gasteiger partial charge in [0.15, 0.2) is 0 Å². The van der Waals surface area contributed by atoms with Crippen LogP contribution in [0, 0.1) is 24.0 Å². The van der Waals surface area contributed by atoms with E-state index in [0.29, 0.717) is 16.0 Å². The summed E-state index contributed by atoms with van der Waals surface area (Å²) in [4.78, 5) is 22.3.